The molecule has 1 aliphatic rings. The number of carbonyl (C=O) groups is 2. The summed E-state index contributed by atoms with van der Waals surface area (Å²) in [6.07, 6.45) is 2.88. The van der Waals surface area contributed by atoms with Gasteiger partial charge in [0.15, 0.2) is 0 Å². The molecule has 1 heterocycles. The van der Waals surface area contributed by atoms with E-state index in [1.807, 2.05) is 0 Å². The first kappa shape index (κ1) is 22.8. The fourth-order valence-electron chi connectivity index (χ4n) is 3.63. The van der Waals surface area contributed by atoms with Crippen molar-refractivity contribution < 1.29 is 22.7 Å². The fourth-order valence-corrected chi connectivity index (χ4v) is 5.37. The molecule has 1 saturated heterocycles. The van der Waals surface area contributed by atoms with E-state index in [0.717, 1.165) is 19.3 Å². The molecule has 2 amide bonds. The van der Waals surface area contributed by atoms with Gasteiger partial charge in [0.2, 0.25) is 10.0 Å². The fraction of sp³-hybridized carbons (Fsp3) is 0.364. The number of carbonyl (C=O) groups excluding carboxylic acids is 2. The zero-order valence-electron chi connectivity index (χ0n) is 17.4. The van der Waals surface area contributed by atoms with Gasteiger partial charge in [-0.2, -0.15) is 4.31 Å². The molecule has 0 aromatic heterocycles. The van der Waals surface area contributed by atoms with Crippen molar-refractivity contribution in [2.75, 3.05) is 25.5 Å². The highest BCUT2D eigenvalue weighted by Crippen LogP contribution is 2.26. The predicted molar refractivity (Wildman–Crippen MR) is 117 cm³/mol. The van der Waals surface area contributed by atoms with Crippen molar-refractivity contribution in [1.29, 1.82) is 0 Å². The van der Waals surface area contributed by atoms with Crippen LogP contribution >= 0.6 is 0 Å². The Balaban J connectivity index is 1.55. The third kappa shape index (κ3) is 5.83. The molecule has 0 spiro atoms. The highest BCUT2D eigenvalue weighted by atomic mass is 32.2. The maximum atomic E-state index is 13.0. The minimum atomic E-state index is -3.60. The standard InChI is InChI=1S/C22H27N3O5S/c1-30-19-10-7-8-17(16-19)24-22(27)21(26)23-14-13-18-9-5-6-15-25(18)31(28,29)20-11-3-2-4-12-20/h2-4,7-8,10-12,16,18H,5-6,9,13-15H2,1H3,(H,23,26)(H,24,27)/t18-/m0/s1. The van der Waals surface area contributed by atoms with E-state index in [1.165, 1.54) is 11.4 Å². The maximum absolute atomic E-state index is 13.0. The molecule has 31 heavy (non-hydrogen) atoms. The van der Waals surface area contributed by atoms with Crippen LogP contribution in [0.15, 0.2) is 59.5 Å². The molecule has 0 aliphatic carbocycles. The van der Waals surface area contributed by atoms with Gasteiger partial charge in [-0.3, -0.25) is 9.59 Å². The summed E-state index contributed by atoms with van der Waals surface area (Å²) in [5.74, 6) is -0.989. The molecule has 8 nitrogen and oxygen atoms in total. The Kier molecular flexibility index (Phi) is 7.64. The summed E-state index contributed by atoms with van der Waals surface area (Å²) in [6, 6.07) is 14.8. The lowest BCUT2D eigenvalue weighted by Crippen LogP contribution is -2.45. The lowest BCUT2D eigenvalue weighted by atomic mass is 10.0. The average Bonchev–Trinajstić information content (AvgIpc) is 2.80. The van der Waals surface area contributed by atoms with Crippen molar-refractivity contribution in [3.8, 4) is 5.75 Å². The minimum Gasteiger partial charge on any atom is -0.497 e. The largest absolute Gasteiger partial charge is 0.497 e. The van der Waals surface area contributed by atoms with Crippen molar-refractivity contribution in [2.45, 2.75) is 36.6 Å². The van der Waals surface area contributed by atoms with Crippen LogP contribution in [-0.4, -0.2) is 50.8 Å². The first-order chi connectivity index (χ1) is 14.9. The second-order valence-corrected chi connectivity index (χ2v) is 9.20. The molecule has 1 aliphatic heterocycles. The van der Waals surface area contributed by atoms with Crippen LogP contribution in [0.5, 0.6) is 5.75 Å². The van der Waals surface area contributed by atoms with Crippen LogP contribution in [0.4, 0.5) is 5.69 Å². The molecule has 2 aromatic carbocycles. The number of piperidine rings is 1. The molecular weight excluding hydrogens is 418 g/mol. The SMILES string of the molecule is COc1cccc(NC(=O)C(=O)NCC[C@@H]2CCCCN2S(=O)(=O)c2ccccc2)c1. The van der Waals surface area contributed by atoms with E-state index >= 15 is 0 Å². The van der Waals surface area contributed by atoms with Gasteiger partial charge in [0.05, 0.1) is 12.0 Å². The van der Waals surface area contributed by atoms with Crippen LogP contribution in [0.25, 0.3) is 0 Å². The number of nitrogens with zero attached hydrogens (tertiary/aromatic N) is 1. The van der Waals surface area contributed by atoms with E-state index in [0.29, 0.717) is 24.4 Å². The quantitative estimate of drug-likeness (QED) is 0.637. The van der Waals surface area contributed by atoms with E-state index in [-0.39, 0.29) is 17.5 Å². The summed E-state index contributed by atoms with van der Waals surface area (Å²) >= 11 is 0. The Bertz CT molecular complexity index is 1010. The number of hydrogen-bond acceptors (Lipinski definition) is 5. The summed E-state index contributed by atoms with van der Waals surface area (Å²) in [5.41, 5.74) is 0.451. The first-order valence-electron chi connectivity index (χ1n) is 10.2. The Hall–Kier alpha value is -2.91. The van der Waals surface area contributed by atoms with Gasteiger partial charge in [-0.25, -0.2) is 8.42 Å². The predicted octanol–water partition coefficient (Wildman–Crippen LogP) is 2.38. The van der Waals surface area contributed by atoms with Gasteiger partial charge < -0.3 is 15.4 Å². The molecule has 3 rings (SSSR count). The van der Waals surface area contributed by atoms with E-state index in [1.54, 1.807) is 54.6 Å². The number of amides is 2. The molecule has 166 valence electrons. The number of methoxy groups -OCH3 is 1. The number of hydrogen-bond donors (Lipinski definition) is 2. The van der Waals surface area contributed by atoms with Gasteiger partial charge in [0.1, 0.15) is 5.75 Å². The summed E-state index contributed by atoms with van der Waals surface area (Å²) in [7, 11) is -2.08. The summed E-state index contributed by atoms with van der Waals surface area (Å²) in [6.45, 7) is 0.655. The van der Waals surface area contributed by atoms with E-state index < -0.39 is 21.8 Å². The van der Waals surface area contributed by atoms with Crippen LogP contribution in [-0.2, 0) is 19.6 Å². The first-order valence-corrected chi connectivity index (χ1v) is 11.7. The average molecular weight is 446 g/mol. The number of anilines is 1. The molecule has 1 atom stereocenters. The molecule has 0 radical (unpaired) electrons. The minimum absolute atomic E-state index is 0.204. The van der Waals surface area contributed by atoms with Gasteiger partial charge in [-0.1, -0.05) is 30.7 Å². The van der Waals surface area contributed by atoms with E-state index in [9.17, 15) is 18.0 Å². The number of rotatable bonds is 7. The second-order valence-electron chi connectivity index (χ2n) is 7.31. The molecule has 2 aromatic rings. The zero-order chi connectivity index (χ0) is 22.3. The smallest absolute Gasteiger partial charge is 0.313 e. The van der Waals surface area contributed by atoms with Crippen molar-refractivity contribution in [1.82, 2.24) is 9.62 Å². The molecule has 1 fully saturated rings. The van der Waals surface area contributed by atoms with Gasteiger partial charge in [0, 0.05) is 30.9 Å². The van der Waals surface area contributed by atoms with Crippen molar-refractivity contribution in [3.05, 3.63) is 54.6 Å². The number of nitrogens with one attached hydrogen (secondary N) is 2. The molecule has 0 bridgehead atoms. The van der Waals surface area contributed by atoms with Crippen molar-refractivity contribution in [3.63, 3.8) is 0 Å². The third-order valence-electron chi connectivity index (χ3n) is 5.22. The Morgan fingerprint density at radius 1 is 1.06 bits per heavy atom. The van der Waals surface area contributed by atoms with Gasteiger partial charge in [-0.15, -0.1) is 0 Å². The van der Waals surface area contributed by atoms with E-state index in [4.69, 9.17) is 4.74 Å². The van der Waals surface area contributed by atoms with Crippen LogP contribution in [0, 0.1) is 0 Å². The van der Waals surface area contributed by atoms with Crippen LogP contribution in [0.2, 0.25) is 0 Å². The monoisotopic (exact) mass is 445 g/mol. The van der Waals surface area contributed by atoms with Crippen LogP contribution in [0.1, 0.15) is 25.7 Å². The van der Waals surface area contributed by atoms with Gasteiger partial charge >= 0.3 is 11.8 Å². The lowest BCUT2D eigenvalue weighted by Gasteiger charge is -2.34. The zero-order valence-corrected chi connectivity index (χ0v) is 18.2. The second kappa shape index (κ2) is 10.4. The van der Waals surface area contributed by atoms with Gasteiger partial charge in [-0.05, 0) is 43.5 Å². The highest BCUT2D eigenvalue weighted by Gasteiger charge is 2.33. The Morgan fingerprint density at radius 3 is 2.58 bits per heavy atom. The Labute approximate surface area is 182 Å². The lowest BCUT2D eigenvalue weighted by molar-refractivity contribution is -0.136. The van der Waals surface area contributed by atoms with Gasteiger partial charge in [0.25, 0.3) is 0 Å². The normalized spacial score (nSPS) is 17.0. The summed E-state index contributed by atoms with van der Waals surface area (Å²) in [5, 5.41) is 5.11. The summed E-state index contributed by atoms with van der Waals surface area (Å²) < 4.78 is 32.7. The van der Waals surface area contributed by atoms with E-state index in [2.05, 4.69) is 10.6 Å². The van der Waals surface area contributed by atoms with Crippen molar-refractivity contribution in [2.24, 2.45) is 0 Å². The number of ether oxygens (including phenoxy) is 1. The molecule has 0 unspecified atom stereocenters. The molecule has 0 saturated carbocycles. The molecule has 2 N–H and O–H groups in total. The number of sulfonamides is 1. The highest BCUT2D eigenvalue weighted by molar-refractivity contribution is 7.89. The topological polar surface area (TPSA) is 105 Å². The van der Waals surface area contributed by atoms with Crippen LogP contribution < -0.4 is 15.4 Å². The third-order valence-corrected chi connectivity index (χ3v) is 7.19. The molecule has 9 heteroatoms. The number of benzene rings is 2. The summed E-state index contributed by atoms with van der Waals surface area (Å²) in [4.78, 5) is 24.6. The molecular formula is C22H27N3O5S. The maximum Gasteiger partial charge on any atom is 0.313 e. The Morgan fingerprint density at radius 2 is 1.84 bits per heavy atom. The van der Waals surface area contributed by atoms with Crippen molar-refractivity contribution >= 4 is 27.5 Å². The van der Waals surface area contributed by atoms with Crippen LogP contribution in [0.3, 0.4) is 0 Å².